The molecule has 0 radical (unpaired) electrons. The van der Waals surface area contributed by atoms with E-state index in [0.717, 1.165) is 25.6 Å². The van der Waals surface area contributed by atoms with E-state index in [-0.39, 0.29) is 11.5 Å². The maximum atomic E-state index is 13.8. The quantitative estimate of drug-likeness (QED) is 0.858. The molecule has 0 aliphatic carbocycles. The first-order valence-electron chi connectivity index (χ1n) is 7.04. The second-order valence-electron chi connectivity index (χ2n) is 6.57. The van der Waals surface area contributed by atoms with Crippen molar-refractivity contribution in [1.29, 1.82) is 0 Å². The number of nitrogens with zero attached hydrogens (tertiary/aromatic N) is 1. The molecule has 0 saturated heterocycles. The summed E-state index contributed by atoms with van der Waals surface area (Å²) < 4.78 is 27.1. The van der Waals surface area contributed by atoms with Gasteiger partial charge in [-0.2, -0.15) is 0 Å². The van der Waals surface area contributed by atoms with E-state index in [1.807, 2.05) is 0 Å². The highest BCUT2D eigenvalue weighted by atomic mass is 19.2. The summed E-state index contributed by atoms with van der Waals surface area (Å²) in [7, 11) is 3.83. The number of hydrogen-bond acceptors (Lipinski definition) is 2. The molecular weight excluding hydrogens is 258 g/mol. The Bertz CT molecular complexity index is 427. The first-order chi connectivity index (χ1) is 9.24. The summed E-state index contributed by atoms with van der Waals surface area (Å²) >= 11 is 0. The molecule has 1 N–H and O–H groups in total. The molecule has 0 bridgehead atoms. The van der Waals surface area contributed by atoms with E-state index >= 15 is 0 Å². The van der Waals surface area contributed by atoms with Gasteiger partial charge in [0.2, 0.25) is 0 Å². The fourth-order valence-corrected chi connectivity index (χ4v) is 2.48. The molecule has 0 saturated carbocycles. The van der Waals surface area contributed by atoms with Crippen LogP contribution in [0.3, 0.4) is 0 Å². The van der Waals surface area contributed by atoms with Crippen molar-refractivity contribution >= 4 is 0 Å². The fraction of sp³-hybridized carbons (Fsp3) is 0.625. The van der Waals surface area contributed by atoms with Crippen LogP contribution < -0.4 is 5.32 Å². The van der Waals surface area contributed by atoms with Crippen molar-refractivity contribution in [2.45, 2.75) is 33.2 Å². The topological polar surface area (TPSA) is 15.3 Å². The fourth-order valence-electron chi connectivity index (χ4n) is 2.48. The highest BCUT2D eigenvalue weighted by Gasteiger charge is 2.18. The van der Waals surface area contributed by atoms with Gasteiger partial charge in [0.1, 0.15) is 0 Å². The highest BCUT2D eigenvalue weighted by molar-refractivity contribution is 5.22. The number of halogens is 2. The lowest BCUT2D eigenvalue weighted by Gasteiger charge is -2.28. The maximum Gasteiger partial charge on any atom is 0.163 e. The molecule has 1 atom stereocenters. The van der Waals surface area contributed by atoms with Gasteiger partial charge < -0.3 is 10.2 Å². The Morgan fingerprint density at radius 2 is 1.90 bits per heavy atom. The predicted molar refractivity (Wildman–Crippen MR) is 79.7 cm³/mol. The average Bonchev–Trinajstić information content (AvgIpc) is 2.32. The molecule has 0 aromatic heterocycles. The molecule has 1 unspecified atom stereocenters. The molecule has 1 aromatic carbocycles. The number of nitrogens with one attached hydrogen (secondary N) is 1. The van der Waals surface area contributed by atoms with E-state index in [9.17, 15) is 8.78 Å². The van der Waals surface area contributed by atoms with Gasteiger partial charge in [0.15, 0.2) is 11.6 Å². The van der Waals surface area contributed by atoms with Crippen molar-refractivity contribution in [3.63, 3.8) is 0 Å². The molecule has 0 aliphatic heterocycles. The van der Waals surface area contributed by atoms with Gasteiger partial charge in [0, 0.05) is 18.2 Å². The lowest BCUT2D eigenvalue weighted by molar-refractivity contribution is 0.218. The summed E-state index contributed by atoms with van der Waals surface area (Å²) in [6, 6.07) is 4.17. The molecule has 0 aliphatic rings. The third kappa shape index (κ3) is 5.17. The van der Waals surface area contributed by atoms with Crippen LogP contribution in [-0.2, 0) is 0 Å². The third-order valence-electron chi connectivity index (χ3n) is 3.25. The summed E-state index contributed by atoms with van der Waals surface area (Å²) in [5.41, 5.74) is 0.630. The van der Waals surface area contributed by atoms with Gasteiger partial charge in [0.05, 0.1) is 0 Å². The summed E-state index contributed by atoms with van der Waals surface area (Å²) in [5, 5.41) is 3.07. The molecule has 0 fully saturated rings. The Morgan fingerprint density at radius 1 is 1.25 bits per heavy atom. The van der Waals surface area contributed by atoms with Gasteiger partial charge in [-0.3, -0.25) is 0 Å². The molecule has 0 heterocycles. The van der Waals surface area contributed by atoms with Gasteiger partial charge in [-0.05, 0) is 38.5 Å². The first kappa shape index (κ1) is 17.1. The van der Waals surface area contributed by atoms with Gasteiger partial charge in [-0.15, -0.1) is 0 Å². The van der Waals surface area contributed by atoms with E-state index in [2.05, 4.69) is 38.0 Å². The van der Waals surface area contributed by atoms with E-state index in [0.29, 0.717) is 5.56 Å². The zero-order valence-corrected chi connectivity index (χ0v) is 13.1. The lowest BCUT2D eigenvalue weighted by Crippen LogP contribution is -2.32. The zero-order chi connectivity index (χ0) is 15.3. The summed E-state index contributed by atoms with van der Waals surface area (Å²) in [6.45, 7) is 8.36. The molecule has 0 amide bonds. The first-order valence-corrected chi connectivity index (χ1v) is 7.04. The molecule has 2 nitrogen and oxygen atoms in total. The smallest absolute Gasteiger partial charge is 0.163 e. The molecule has 0 spiro atoms. The van der Waals surface area contributed by atoms with Crippen LogP contribution in [0.2, 0.25) is 0 Å². The van der Waals surface area contributed by atoms with E-state index in [1.165, 1.54) is 0 Å². The van der Waals surface area contributed by atoms with Crippen LogP contribution in [0.4, 0.5) is 8.78 Å². The zero-order valence-electron chi connectivity index (χ0n) is 13.1. The highest BCUT2D eigenvalue weighted by Crippen LogP contribution is 2.22. The number of hydrogen-bond donors (Lipinski definition) is 1. The van der Waals surface area contributed by atoms with Crippen LogP contribution >= 0.6 is 0 Å². The maximum absolute atomic E-state index is 13.8. The van der Waals surface area contributed by atoms with Crippen LogP contribution in [0.15, 0.2) is 18.2 Å². The Kier molecular flexibility index (Phi) is 6.08. The van der Waals surface area contributed by atoms with Crippen molar-refractivity contribution in [2.24, 2.45) is 5.41 Å². The SMILES string of the molecule is CNC(CCN(C)CC(C)(C)C)c1cccc(F)c1F. The lowest BCUT2D eigenvalue weighted by atomic mass is 9.96. The molecule has 4 heteroatoms. The summed E-state index contributed by atoms with van der Waals surface area (Å²) in [5.74, 6) is -1.53. The molecular formula is C16H26F2N2. The van der Waals surface area contributed by atoms with E-state index in [4.69, 9.17) is 0 Å². The van der Waals surface area contributed by atoms with E-state index in [1.54, 1.807) is 19.2 Å². The van der Waals surface area contributed by atoms with E-state index < -0.39 is 11.6 Å². The third-order valence-corrected chi connectivity index (χ3v) is 3.25. The number of rotatable bonds is 6. The molecule has 114 valence electrons. The largest absolute Gasteiger partial charge is 0.313 e. The number of benzene rings is 1. The van der Waals surface area contributed by atoms with Crippen molar-refractivity contribution in [1.82, 2.24) is 10.2 Å². The Balaban J connectivity index is 2.66. The van der Waals surface area contributed by atoms with Gasteiger partial charge in [-0.1, -0.05) is 32.9 Å². The molecule has 1 aromatic rings. The second-order valence-corrected chi connectivity index (χ2v) is 6.57. The summed E-state index contributed by atoms with van der Waals surface area (Å²) in [6.07, 6.45) is 0.740. The molecule has 20 heavy (non-hydrogen) atoms. The minimum absolute atomic E-state index is 0.173. The average molecular weight is 284 g/mol. The molecule has 1 rings (SSSR count). The standard InChI is InChI=1S/C16H26F2N2/c1-16(2,3)11-20(5)10-9-14(19-4)12-7-6-8-13(17)15(12)18/h6-8,14,19H,9-11H2,1-5H3. The van der Waals surface area contributed by atoms with Crippen molar-refractivity contribution in [3.8, 4) is 0 Å². The van der Waals surface area contributed by atoms with Crippen LogP contribution in [-0.4, -0.2) is 32.1 Å². The van der Waals surface area contributed by atoms with Gasteiger partial charge >= 0.3 is 0 Å². The summed E-state index contributed by atoms with van der Waals surface area (Å²) in [4.78, 5) is 2.22. The normalized spacial score (nSPS) is 13.8. The van der Waals surface area contributed by atoms with Crippen molar-refractivity contribution < 1.29 is 8.78 Å². The van der Waals surface area contributed by atoms with Gasteiger partial charge in [-0.25, -0.2) is 8.78 Å². The predicted octanol–water partition coefficient (Wildman–Crippen LogP) is 3.59. The Hall–Kier alpha value is -1.00. The Labute approximate surface area is 121 Å². The van der Waals surface area contributed by atoms with Gasteiger partial charge in [0.25, 0.3) is 0 Å². The minimum atomic E-state index is -0.786. The minimum Gasteiger partial charge on any atom is -0.313 e. The van der Waals surface area contributed by atoms with Crippen LogP contribution in [0.25, 0.3) is 0 Å². The van der Waals surface area contributed by atoms with Crippen molar-refractivity contribution in [3.05, 3.63) is 35.4 Å². The van der Waals surface area contributed by atoms with Crippen LogP contribution in [0.5, 0.6) is 0 Å². The van der Waals surface area contributed by atoms with Crippen LogP contribution in [0, 0.1) is 17.0 Å². The Morgan fingerprint density at radius 3 is 2.45 bits per heavy atom. The monoisotopic (exact) mass is 284 g/mol. The van der Waals surface area contributed by atoms with Crippen LogP contribution in [0.1, 0.15) is 38.8 Å². The second kappa shape index (κ2) is 7.14. The van der Waals surface area contributed by atoms with Crippen molar-refractivity contribution in [2.75, 3.05) is 27.2 Å².